The van der Waals surface area contributed by atoms with Gasteiger partial charge in [-0.25, -0.2) is 4.68 Å². The fourth-order valence-corrected chi connectivity index (χ4v) is 1.61. The lowest BCUT2D eigenvalue weighted by molar-refractivity contribution is 0.0709. The number of benzene rings is 1. The van der Waals surface area contributed by atoms with Crippen LogP contribution in [0.15, 0.2) is 24.3 Å². The van der Waals surface area contributed by atoms with Crippen LogP contribution >= 0.6 is 0 Å². The molecule has 6 nitrogen and oxygen atoms in total. The van der Waals surface area contributed by atoms with Crippen LogP contribution in [0, 0.1) is 0 Å². The van der Waals surface area contributed by atoms with Gasteiger partial charge in [0.25, 0.3) is 0 Å². The standard InChI is InChI=1S/C12H17N5O/c1-9(2)18-7-6-17-12(14-15-16-17)10-4-3-5-11(13)8-10/h3-5,8-9H,6-7,13H2,1-2H3. The highest BCUT2D eigenvalue weighted by atomic mass is 16.5. The van der Waals surface area contributed by atoms with Gasteiger partial charge in [0.15, 0.2) is 5.82 Å². The number of nitrogen functional groups attached to an aromatic ring is 1. The van der Waals surface area contributed by atoms with Crippen molar-refractivity contribution < 1.29 is 4.74 Å². The van der Waals surface area contributed by atoms with E-state index in [2.05, 4.69) is 15.5 Å². The zero-order valence-corrected chi connectivity index (χ0v) is 10.6. The molecule has 0 fully saturated rings. The average Bonchev–Trinajstić information content (AvgIpc) is 2.77. The van der Waals surface area contributed by atoms with Crippen molar-refractivity contribution in [1.82, 2.24) is 20.2 Å². The summed E-state index contributed by atoms with van der Waals surface area (Å²) in [6.07, 6.45) is 0.206. The van der Waals surface area contributed by atoms with Gasteiger partial charge in [-0.3, -0.25) is 0 Å². The predicted octanol–water partition coefficient (Wildman–Crippen LogP) is 1.35. The first-order valence-corrected chi connectivity index (χ1v) is 5.90. The Labute approximate surface area is 106 Å². The third kappa shape index (κ3) is 3.04. The Balaban J connectivity index is 2.12. The molecule has 0 bridgehead atoms. The first-order valence-electron chi connectivity index (χ1n) is 5.90. The van der Waals surface area contributed by atoms with E-state index in [-0.39, 0.29) is 6.10 Å². The summed E-state index contributed by atoms with van der Waals surface area (Å²) in [5.41, 5.74) is 7.35. The molecule has 0 saturated heterocycles. The molecule has 0 saturated carbocycles. The van der Waals surface area contributed by atoms with Crippen LogP contribution in [0.5, 0.6) is 0 Å². The minimum atomic E-state index is 0.206. The van der Waals surface area contributed by atoms with Gasteiger partial charge < -0.3 is 10.5 Å². The van der Waals surface area contributed by atoms with Crippen LogP contribution in [0.25, 0.3) is 11.4 Å². The molecule has 2 N–H and O–H groups in total. The summed E-state index contributed by atoms with van der Waals surface area (Å²) >= 11 is 0. The summed E-state index contributed by atoms with van der Waals surface area (Å²) in [7, 11) is 0. The fourth-order valence-electron chi connectivity index (χ4n) is 1.61. The van der Waals surface area contributed by atoms with Gasteiger partial charge in [0.1, 0.15) is 0 Å². The highest BCUT2D eigenvalue weighted by molar-refractivity contribution is 5.60. The van der Waals surface area contributed by atoms with Crippen LogP contribution in [0.1, 0.15) is 13.8 Å². The quantitative estimate of drug-likeness (QED) is 0.807. The van der Waals surface area contributed by atoms with E-state index in [4.69, 9.17) is 10.5 Å². The predicted molar refractivity (Wildman–Crippen MR) is 68.8 cm³/mol. The molecule has 0 atom stereocenters. The highest BCUT2D eigenvalue weighted by Crippen LogP contribution is 2.18. The van der Waals surface area contributed by atoms with E-state index >= 15 is 0 Å². The molecule has 1 heterocycles. The Hall–Kier alpha value is -1.95. The number of nitrogens with two attached hydrogens (primary N) is 1. The molecule has 0 aliphatic heterocycles. The van der Waals surface area contributed by atoms with Gasteiger partial charge in [0, 0.05) is 11.3 Å². The maximum absolute atomic E-state index is 5.75. The maximum Gasteiger partial charge on any atom is 0.182 e. The molecule has 0 aliphatic rings. The molecule has 0 unspecified atom stereocenters. The molecule has 0 spiro atoms. The Morgan fingerprint density at radius 2 is 2.22 bits per heavy atom. The van der Waals surface area contributed by atoms with Crippen LogP contribution < -0.4 is 5.73 Å². The van der Waals surface area contributed by atoms with Crippen LogP contribution in [0.3, 0.4) is 0 Å². The zero-order valence-electron chi connectivity index (χ0n) is 10.6. The number of hydrogen-bond donors (Lipinski definition) is 1. The maximum atomic E-state index is 5.75. The van der Waals surface area contributed by atoms with Gasteiger partial charge >= 0.3 is 0 Å². The Morgan fingerprint density at radius 3 is 2.94 bits per heavy atom. The largest absolute Gasteiger partial charge is 0.399 e. The minimum Gasteiger partial charge on any atom is -0.399 e. The molecule has 0 aliphatic carbocycles. The average molecular weight is 247 g/mol. The van der Waals surface area contributed by atoms with Crippen LogP contribution in [-0.4, -0.2) is 32.9 Å². The van der Waals surface area contributed by atoms with Crippen molar-refractivity contribution in [3.8, 4) is 11.4 Å². The number of nitrogens with zero attached hydrogens (tertiary/aromatic N) is 4. The number of rotatable bonds is 5. The van der Waals surface area contributed by atoms with E-state index in [0.29, 0.717) is 24.7 Å². The van der Waals surface area contributed by atoms with Crippen LogP contribution in [-0.2, 0) is 11.3 Å². The molecule has 0 amide bonds. The first-order chi connectivity index (χ1) is 8.66. The van der Waals surface area contributed by atoms with Gasteiger partial charge in [0.2, 0.25) is 0 Å². The Bertz CT molecular complexity index is 509. The first kappa shape index (κ1) is 12.5. The molecule has 1 aromatic carbocycles. The molecule has 0 radical (unpaired) electrons. The normalized spacial score (nSPS) is 11.1. The number of ether oxygens (including phenoxy) is 1. The molecule has 2 rings (SSSR count). The molecule has 1 aromatic heterocycles. The third-order valence-corrected chi connectivity index (χ3v) is 2.43. The fraction of sp³-hybridized carbons (Fsp3) is 0.417. The van der Waals surface area contributed by atoms with Crippen molar-refractivity contribution in [1.29, 1.82) is 0 Å². The number of hydrogen-bond acceptors (Lipinski definition) is 5. The van der Waals surface area contributed by atoms with E-state index < -0.39 is 0 Å². The van der Waals surface area contributed by atoms with Crippen LogP contribution in [0.4, 0.5) is 5.69 Å². The van der Waals surface area contributed by atoms with E-state index in [1.165, 1.54) is 0 Å². The lowest BCUT2D eigenvalue weighted by atomic mass is 10.2. The smallest absolute Gasteiger partial charge is 0.182 e. The van der Waals surface area contributed by atoms with Gasteiger partial charge in [-0.15, -0.1) is 5.10 Å². The van der Waals surface area contributed by atoms with Crippen molar-refractivity contribution in [2.45, 2.75) is 26.5 Å². The summed E-state index contributed by atoms with van der Waals surface area (Å²) in [5.74, 6) is 0.703. The van der Waals surface area contributed by atoms with Crippen molar-refractivity contribution >= 4 is 5.69 Å². The molecule has 2 aromatic rings. The minimum absolute atomic E-state index is 0.206. The van der Waals surface area contributed by atoms with Crippen molar-refractivity contribution in [3.63, 3.8) is 0 Å². The van der Waals surface area contributed by atoms with Gasteiger partial charge in [-0.1, -0.05) is 12.1 Å². The number of tetrazole rings is 1. The Kier molecular flexibility index (Phi) is 3.88. The second kappa shape index (κ2) is 5.59. The monoisotopic (exact) mass is 247 g/mol. The summed E-state index contributed by atoms with van der Waals surface area (Å²) in [5, 5.41) is 11.7. The second-order valence-electron chi connectivity index (χ2n) is 4.27. The molecular weight excluding hydrogens is 230 g/mol. The van der Waals surface area contributed by atoms with Crippen molar-refractivity contribution in [2.75, 3.05) is 12.3 Å². The number of aromatic nitrogens is 4. The Morgan fingerprint density at radius 1 is 1.39 bits per heavy atom. The highest BCUT2D eigenvalue weighted by Gasteiger charge is 2.08. The summed E-state index contributed by atoms with van der Waals surface area (Å²) in [6.45, 7) is 5.20. The zero-order chi connectivity index (χ0) is 13.0. The lowest BCUT2D eigenvalue weighted by Crippen LogP contribution is -2.12. The summed E-state index contributed by atoms with van der Waals surface area (Å²) in [6, 6.07) is 7.50. The van der Waals surface area contributed by atoms with E-state index in [9.17, 15) is 0 Å². The lowest BCUT2D eigenvalue weighted by Gasteiger charge is -2.08. The summed E-state index contributed by atoms with van der Waals surface area (Å²) < 4.78 is 7.21. The van der Waals surface area contributed by atoms with Gasteiger partial charge in [-0.05, 0) is 36.4 Å². The molecule has 6 heteroatoms. The summed E-state index contributed by atoms with van der Waals surface area (Å²) in [4.78, 5) is 0. The second-order valence-corrected chi connectivity index (χ2v) is 4.27. The van der Waals surface area contributed by atoms with E-state index in [1.54, 1.807) is 4.68 Å². The van der Waals surface area contributed by atoms with Crippen molar-refractivity contribution in [3.05, 3.63) is 24.3 Å². The van der Waals surface area contributed by atoms with Gasteiger partial charge in [0.05, 0.1) is 19.3 Å². The van der Waals surface area contributed by atoms with Crippen LogP contribution in [0.2, 0.25) is 0 Å². The van der Waals surface area contributed by atoms with E-state index in [0.717, 1.165) is 5.56 Å². The van der Waals surface area contributed by atoms with Crippen molar-refractivity contribution in [2.24, 2.45) is 0 Å². The molecule has 96 valence electrons. The van der Waals surface area contributed by atoms with E-state index in [1.807, 2.05) is 38.1 Å². The molecular formula is C12H17N5O. The number of anilines is 1. The topological polar surface area (TPSA) is 78.8 Å². The van der Waals surface area contributed by atoms with Gasteiger partial charge in [-0.2, -0.15) is 0 Å². The SMILES string of the molecule is CC(C)OCCn1nnnc1-c1cccc(N)c1. The molecule has 18 heavy (non-hydrogen) atoms. The third-order valence-electron chi connectivity index (χ3n) is 2.43.